The highest BCUT2D eigenvalue weighted by atomic mass is 35.5. The third-order valence-corrected chi connectivity index (χ3v) is 4.69. The lowest BCUT2D eigenvalue weighted by Gasteiger charge is -2.04. The van der Waals surface area contributed by atoms with Crippen LogP contribution in [0.15, 0.2) is 47.4 Å². The predicted octanol–water partition coefficient (Wildman–Crippen LogP) is 4.58. The second kappa shape index (κ2) is 6.00. The number of hydrogen-bond acceptors (Lipinski definition) is 3. The van der Waals surface area contributed by atoms with Crippen molar-refractivity contribution in [2.24, 2.45) is 0 Å². The number of halogens is 1. The van der Waals surface area contributed by atoms with Crippen molar-refractivity contribution < 1.29 is 0 Å². The van der Waals surface area contributed by atoms with Gasteiger partial charge in [0.05, 0.1) is 11.2 Å². The molecular weight excluding hydrogens is 302 g/mol. The summed E-state index contributed by atoms with van der Waals surface area (Å²) in [5.74, 6) is 0.776. The van der Waals surface area contributed by atoms with Gasteiger partial charge in [0.2, 0.25) is 0 Å². The van der Waals surface area contributed by atoms with Crippen LogP contribution in [0.5, 0.6) is 0 Å². The standard InChI is InChI=1S/C16H16ClN3S/c1-2-20-15-6-4-3-5-12(15)14(19-20)10-21-16-9-11(17)7-8-13(16)18/h3-9H,2,10,18H2,1H3. The SMILES string of the molecule is CCn1nc(CSc2cc(Cl)ccc2N)c2ccccc21. The Kier molecular flexibility index (Phi) is 4.08. The van der Waals surface area contributed by atoms with Crippen molar-refractivity contribution in [3.8, 4) is 0 Å². The van der Waals surface area contributed by atoms with Crippen molar-refractivity contribution in [3.05, 3.63) is 53.2 Å². The van der Waals surface area contributed by atoms with Crippen LogP contribution in [0.4, 0.5) is 5.69 Å². The van der Waals surface area contributed by atoms with Gasteiger partial charge in [0.15, 0.2) is 0 Å². The molecule has 21 heavy (non-hydrogen) atoms. The van der Waals surface area contributed by atoms with Gasteiger partial charge in [-0.25, -0.2) is 0 Å². The molecule has 1 aromatic heterocycles. The molecule has 0 bridgehead atoms. The lowest BCUT2D eigenvalue weighted by atomic mass is 10.2. The Morgan fingerprint density at radius 1 is 1.24 bits per heavy atom. The maximum Gasteiger partial charge on any atom is 0.0805 e. The minimum atomic E-state index is 0.704. The Morgan fingerprint density at radius 2 is 2.05 bits per heavy atom. The van der Waals surface area contributed by atoms with Gasteiger partial charge in [0.25, 0.3) is 0 Å². The van der Waals surface area contributed by atoms with Crippen molar-refractivity contribution in [3.63, 3.8) is 0 Å². The van der Waals surface area contributed by atoms with E-state index in [-0.39, 0.29) is 0 Å². The van der Waals surface area contributed by atoms with Crippen LogP contribution in [0.1, 0.15) is 12.6 Å². The number of fused-ring (bicyclic) bond motifs is 1. The Morgan fingerprint density at radius 3 is 2.86 bits per heavy atom. The molecule has 0 fully saturated rings. The van der Waals surface area contributed by atoms with Gasteiger partial charge < -0.3 is 5.73 Å². The van der Waals surface area contributed by atoms with Crippen LogP contribution in [0.25, 0.3) is 10.9 Å². The Balaban J connectivity index is 1.90. The van der Waals surface area contributed by atoms with Gasteiger partial charge in [0.1, 0.15) is 0 Å². The van der Waals surface area contributed by atoms with Crippen LogP contribution in [0.3, 0.4) is 0 Å². The molecule has 3 aromatic rings. The van der Waals surface area contributed by atoms with Crippen LogP contribution in [0, 0.1) is 0 Å². The van der Waals surface area contributed by atoms with Crippen LogP contribution < -0.4 is 5.73 Å². The molecule has 108 valence electrons. The van der Waals surface area contributed by atoms with Gasteiger partial charge in [-0.3, -0.25) is 4.68 Å². The number of nitrogens with zero attached hydrogens (tertiary/aromatic N) is 2. The largest absolute Gasteiger partial charge is 0.398 e. The first-order chi connectivity index (χ1) is 10.2. The van der Waals surface area contributed by atoms with E-state index in [1.165, 1.54) is 10.9 Å². The van der Waals surface area contributed by atoms with Crippen LogP contribution in [0.2, 0.25) is 5.02 Å². The van der Waals surface area contributed by atoms with E-state index in [4.69, 9.17) is 22.4 Å². The van der Waals surface area contributed by atoms with Crippen LogP contribution >= 0.6 is 23.4 Å². The zero-order valence-corrected chi connectivity index (χ0v) is 13.3. The lowest BCUT2D eigenvalue weighted by molar-refractivity contribution is 0.675. The van der Waals surface area contributed by atoms with Crippen molar-refractivity contribution in [1.29, 1.82) is 0 Å². The number of nitrogens with two attached hydrogens (primary N) is 1. The molecule has 5 heteroatoms. The van der Waals surface area contributed by atoms with E-state index in [0.29, 0.717) is 5.02 Å². The number of thioether (sulfide) groups is 1. The number of benzene rings is 2. The van der Waals surface area contributed by atoms with Gasteiger partial charge in [-0.2, -0.15) is 5.10 Å². The number of para-hydroxylation sites is 1. The van der Waals surface area contributed by atoms with Crippen molar-refractivity contribution in [2.45, 2.75) is 24.1 Å². The number of nitrogen functional groups attached to an aromatic ring is 1. The molecule has 0 saturated carbocycles. The first-order valence-electron chi connectivity index (χ1n) is 6.81. The molecule has 0 aliphatic rings. The molecule has 0 aliphatic carbocycles. The highest BCUT2D eigenvalue weighted by Gasteiger charge is 2.10. The summed E-state index contributed by atoms with van der Waals surface area (Å²) < 4.78 is 2.03. The van der Waals surface area contributed by atoms with E-state index in [9.17, 15) is 0 Å². The summed E-state index contributed by atoms with van der Waals surface area (Å²) in [5.41, 5.74) is 9.00. The summed E-state index contributed by atoms with van der Waals surface area (Å²) in [6.45, 7) is 2.97. The third-order valence-electron chi connectivity index (χ3n) is 3.37. The number of hydrogen-bond donors (Lipinski definition) is 1. The number of aromatic nitrogens is 2. The van der Waals surface area contributed by atoms with Crippen LogP contribution in [-0.2, 0) is 12.3 Å². The number of aryl methyl sites for hydroxylation is 1. The topological polar surface area (TPSA) is 43.8 Å². The summed E-state index contributed by atoms with van der Waals surface area (Å²) in [6.07, 6.45) is 0. The van der Waals surface area contributed by atoms with Gasteiger partial charge >= 0.3 is 0 Å². The van der Waals surface area contributed by atoms with Gasteiger partial charge in [0, 0.05) is 33.3 Å². The molecule has 0 saturated heterocycles. The fourth-order valence-corrected chi connectivity index (χ4v) is 3.51. The van der Waals surface area contributed by atoms with E-state index >= 15 is 0 Å². The van der Waals surface area contributed by atoms with Crippen LogP contribution in [-0.4, -0.2) is 9.78 Å². The minimum Gasteiger partial charge on any atom is -0.398 e. The molecule has 2 aromatic carbocycles. The molecule has 2 N–H and O–H groups in total. The fraction of sp³-hybridized carbons (Fsp3) is 0.188. The first kappa shape index (κ1) is 14.3. The maximum absolute atomic E-state index is 6.03. The van der Waals surface area contributed by atoms with E-state index in [2.05, 4.69) is 19.1 Å². The number of anilines is 1. The Labute approximate surface area is 133 Å². The van der Waals surface area contributed by atoms with Crippen molar-refractivity contribution >= 4 is 40.0 Å². The van der Waals surface area contributed by atoms with Gasteiger partial charge in [-0.05, 0) is 31.2 Å². The summed E-state index contributed by atoms with van der Waals surface area (Å²) in [7, 11) is 0. The van der Waals surface area contributed by atoms with Gasteiger partial charge in [-0.1, -0.05) is 29.8 Å². The average Bonchev–Trinajstić information content (AvgIpc) is 2.86. The van der Waals surface area contributed by atoms with E-state index in [1.54, 1.807) is 11.8 Å². The highest BCUT2D eigenvalue weighted by molar-refractivity contribution is 7.98. The second-order valence-corrected chi connectivity index (χ2v) is 6.20. The third kappa shape index (κ3) is 2.87. The molecule has 0 atom stereocenters. The van der Waals surface area contributed by atoms with Crippen molar-refractivity contribution in [2.75, 3.05) is 5.73 Å². The zero-order chi connectivity index (χ0) is 14.8. The quantitative estimate of drug-likeness (QED) is 0.565. The lowest BCUT2D eigenvalue weighted by Crippen LogP contribution is -1.96. The summed E-state index contributed by atoms with van der Waals surface area (Å²) >= 11 is 7.70. The molecule has 3 rings (SSSR count). The first-order valence-corrected chi connectivity index (χ1v) is 8.17. The Bertz CT molecular complexity index is 782. The zero-order valence-electron chi connectivity index (χ0n) is 11.7. The highest BCUT2D eigenvalue weighted by Crippen LogP contribution is 2.32. The van der Waals surface area contributed by atoms with E-state index in [1.807, 2.05) is 35.0 Å². The van der Waals surface area contributed by atoms with E-state index < -0.39 is 0 Å². The monoisotopic (exact) mass is 317 g/mol. The van der Waals surface area contributed by atoms with Crippen molar-refractivity contribution in [1.82, 2.24) is 9.78 Å². The number of rotatable bonds is 4. The molecule has 0 amide bonds. The molecule has 1 heterocycles. The normalized spacial score (nSPS) is 11.1. The molecule has 0 spiro atoms. The fourth-order valence-electron chi connectivity index (χ4n) is 2.32. The maximum atomic E-state index is 6.03. The summed E-state index contributed by atoms with van der Waals surface area (Å²) in [5, 5.41) is 6.60. The van der Waals surface area contributed by atoms with Gasteiger partial charge in [-0.15, -0.1) is 11.8 Å². The summed E-state index contributed by atoms with van der Waals surface area (Å²) in [6, 6.07) is 13.9. The molecule has 0 unspecified atom stereocenters. The second-order valence-electron chi connectivity index (χ2n) is 4.75. The smallest absolute Gasteiger partial charge is 0.0805 e. The summed E-state index contributed by atoms with van der Waals surface area (Å²) in [4.78, 5) is 0.998. The average molecular weight is 318 g/mol. The minimum absolute atomic E-state index is 0.704. The van der Waals surface area contributed by atoms with E-state index in [0.717, 1.165) is 28.6 Å². The molecule has 3 nitrogen and oxygen atoms in total. The molecule has 0 aliphatic heterocycles. The predicted molar refractivity (Wildman–Crippen MR) is 90.8 cm³/mol. The molecular formula is C16H16ClN3S. The Hall–Kier alpha value is -1.65. The molecule has 0 radical (unpaired) electrons.